The molecule has 5 nitrogen and oxygen atoms in total. The Hall–Kier alpha value is -1.24. The number of thiophene rings is 1. The summed E-state index contributed by atoms with van der Waals surface area (Å²) in [6.45, 7) is 1.20. The second-order valence-corrected chi connectivity index (χ2v) is 5.70. The van der Waals surface area contributed by atoms with Gasteiger partial charge in [-0.15, -0.1) is 11.3 Å². The van der Waals surface area contributed by atoms with E-state index in [2.05, 4.69) is 4.98 Å². The lowest BCUT2D eigenvalue weighted by atomic mass is 10.2. The van der Waals surface area contributed by atoms with Crippen LogP contribution in [0.3, 0.4) is 0 Å². The summed E-state index contributed by atoms with van der Waals surface area (Å²) in [5.74, 6) is 0. The fourth-order valence-corrected chi connectivity index (χ4v) is 3.73. The van der Waals surface area contributed by atoms with Crippen molar-refractivity contribution in [2.45, 2.75) is 25.8 Å². The molecule has 0 amide bonds. The largest absolute Gasteiger partial charge is 0.394 e. The Balaban J connectivity index is 1.90. The molecule has 0 aliphatic heterocycles. The molecule has 0 spiro atoms. The first-order chi connectivity index (χ1) is 9.31. The van der Waals surface area contributed by atoms with Crippen molar-refractivity contribution in [3.63, 3.8) is 0 Å². The summed E-state index contributed by atoms with van der Waals surface area (Å²) in [4.78, 5) is 19.0. The Morgan fingerprint density at radius 1 is 1.42 bits per heavy atom. The lowest BCUT2D eigenvalue weighted by Gasteiger charge is -2.06. The quantitative estimate of drug-likeness (QED) is 0.828. The molecule has 6 heteroatoms. The lowest BCUT2D eigenvalue weighted by Crippen LogP contribution is -2.23. The van der Waals surface area contributed by atoms with Gasteiger partial charge in [0.1, 0.15) is 4.83 Å². The third kappa shape index (κ3) is 2.31. The van der Waals surface area contributed by atoms with Gasteiger partial charge >= 0.3 is 0 Å². The molecule has 102 valence electrons. The van der Waals surface area contributed by atoms with Gasteiger partial charge in [-0.05, 0) is 24.8 Å². The molecule has 0 radical (unpaired) electrons. The summed E-state index contributed by atoms with van der Waals surface area (Å²) in [7, 11) is 0. The van der Waals surface area contributed by atoms with Gasteiger partial charge in [-0.25, -0.2) is 4.98 Å². The van der Waals surface area contributed by atoms with Crippen LogP contribution in [-0.4, -0.2) is 34.5 Å². The van der Waals surface area contributed by atoms with Crippen LogP contribution in [0, 0.1) is 0 Å². The van der Waals surface area contributed by atoms with Crippen molar-refractivity contribution < 1.29 is 9.84 Å². The number of rotatable bonds is 5. The van der Waals surface area contributed by atoms with Crippen molar-refractivity contribution in [2.24, 2.45) is 0 Å². The van der Waals surface area contributed by atoms with Crippen LogP contribution in [0.15, 0.2) is 11.1 Å². The van der Waals surface area contributed by atoms with Crippen LogP contribution in [0.2, 0.25) is 0 Å². The molecule has 3 rings (SSSR count). The van der Waals surface area contributed by atoms with E-state index in [0.29, 0.717) is 19.8 Å². The SMILES string of the molecule is O=c1c2c3c(sc2ncn1CCOCCO)CCC3. The van der Waals surface area contributed by atoms with Gasteiger partial charge in [0.2, 0.25) is 0 Å². The fraction of sp³-hybridized carbons (Fsp3) is 0.538. The zero-order valence-corrected chi connectivity index (χ0v) is 11.4. The van der Waals surface area contributed by atoms with Gasteiger partial charge in [0.25, 0.3) is 5.56 Å². The van der Waals surface area contributed by atoms with Crippen molar-refractivity contribution in [1.29, 1.82) is 0 Å². The Morgan fingerprint density at radius 3 is 3.16 bits per heavy atom. The van der Waals surface area contributed by atoms with Gasteiger partial charge in [-0.2, -0.15) is 0 Å². The van der Waals surface area contributed by atoms with Crippen LogP contribution in [0.4, 0.5) is 0 Å². The van der Waals surface area contributed by atoms with E-state index in [1.165, 1.54) is 10.4 Å². The van der Waals surface area contributed by atoms with E-state index in [0.717, 1.165) is 29.5 Å². The van der Waals surface area contributed by atoms with Crippen LogP contribution in [0.25, 0.3) is 10.2 Å². The maximum Gasteiger partial charge on any atom is 0.262 e. The van der Waals surface area contributed by atoms with E-state index in [-0.39, 0.29) is 12.2 Å². The summed E-state index contributed by atoms with van der Waals surface area (Å²) < 4.78 is 6.80. The molecule has 0 atom stereocenters. The van der Waals surface area contributed by atoms with Gasteiger partial charge in [0.05, 0.1) is 38.1 Å². The van der Waals surface area contributed by atoms with Crippen LogP contribution in [0.5, 0.6) is 0 Å². The monoisotopic (exact) mass is 280 g/mol. The molecular weight excluding hydrogens is 264 g/mol. The predicted octanol–water partition coefficient (Wildman–Crippen LogP) is 0.956. The number of hydrogen-bond acceptors (Lipinski definition) is 5. The first-order valence-corrected chi connectivity index (χ1v) is 7.31. The highest BCUT2D eigenvalue weighted by Gasteiger charge is 2.21. The number of aromatic nitrogens is 2. The van der Waals surface area contributed by atoms with Crippen LogP contribution in [-0.2, 0) is 24.1 Å². The minimum Gasteiger partial charge on any atom is -0.394 e. The predicted molar refractivity (Wildman–Crippen MR) is 73.8 cm³/mol. The van der Waals surface area contributed by atoms with E-state index in [1.54, 1.807) is 22.2 Å². The zero-order chi connectivity index (χ0) is 13.2. The maximum absolute atomic E-state index is 12.4. The number of aliphatic hydroxyl groups is 1. The lowest BCUT2D eigenvalue weighted by molar-refractivity contribution is 0.0865. The number of fused-ring (bicyclic) bond motifs is 3. The van der Waals surface area contributed by atoms with E-state index in [9.17, 15) is 4.79 Å². The van der Waals surface area contributed by atoms with Gasteiger partial charge in [0, 0.05) is 4.88 Å². The number of aryl methyl sites for hydroxylation is 2. The van der Waals surface area contributed by atoms with E-state index < -0.39 is 0 Å². The highest BCUT2D eigenvalue weighted by molar-refractivity contribution is 7.18. The molecule has 0 unspecified atom stereocenters. The van der Waals surface area contributed by atoms with Crippen molar-refractivity contribution in [2.75, 3.05) is 19.8 Å². The normalized spacial score (nSPS) is 14.2. The molecule has 2 aromatic rings. The summed E-state index contributed by atoms with van der Waals surface area (Å²) >= 11 is 1.65. The van der Waals surface area contributed by atoms with E-state index in [4.69, 9.17) is 9.84 Å². The number of hydrogen-bond donors (Lipinski definition) is 1. The number of aliphatic hydroxyl groups excluding tert-OH is 1. The Morgan fingerprint density at radius 2 is 2.32 bits per heavy atom. The van der Waals surface area contributed by atoms with Gasteiger partial charge in [-0.1, -0.05) is 0 Å². The summed E-state index contributed by atoms with van der Waals surface area (Å²) in [5.41, 5.74) is 1.25. The average Bonchev–Trinajstić information content (AvgIpc) is 2.97. The molecule has 2 heterocycles. The van der Waals surface area contributed by atoms with Crippen LogP contribution in [0.1, 0.15) is 16.9 Å². The molecule has 1 aliphatic rings. The zero-order valence-electron chi connectivity index (χ0n) is 10.6. The van der Waals surface area contributed by atoms with E-state index in [1.807, 2.05) is 0 Å². The van der Waals surface area contributed by atoms with Gasteiger partial charge < -0.3 is 9.84 Å². The number of ether oxygens (including phenoxy) is 1. The van der Waals surface area contributed by atoms with Gasteiger partial charge in [-0.3, -0.25) is 9.36 Å². The van der Waals surface area contributed by atoms with Crippen molar-refractivity contribution in [1.82, 2.24) is 9.55 Å². The summed E-state index contributed by atoms with van der Waals surface area (Å²) in [5, 5.41) is 9.44. The van der Waals surface area contributed by atoms with Crippen LogP contribution < -0.4 is 5.56 Å². The minimum atomic E-state index is 0.00419. The number of nitrogens with zero attached hydrogens (tertiary/aromatic N) is 2. The fourth-order valence-electron chi connectivity index (χ4n) is 2.51. The molecule has 0 fully saturated rings. The molecule has 1 aliphatic carbocycles. The molecule has 19 heavy (non-hydrogen) atoms. The van der Waals surface area contributed by atoms with Gasteiger partial charge in [0.15, 0.2) is 0 Å². The molecule has 0 aromatic carbocycles. The Labute approximate surface area is 114 Å². The molecular formula is C13H16N2O3S. The highest BCUT2D eigenvalue weighted by atomic mass is 32.1. The molecule has 0 saturated heterocycles. The minimum absolute atomic E-state index is 0.00419. The maximum atomic E-state index is 12.4. The topological polar surface area (TPSA) is 64.4 Å². The third-order valence-electron chi connectivity index (χ3n) is 3.40. The smallest absolute Gasteiger partial charge is 0.262 e. The molecule has 2 aromatic heterocycles. The van der Waals surface area contributed by atoms with Crippen molar-refractivity contribution in [3.8, 4) is 0 Å². The second kappa shape index (κ2) is 5.40. The highest BCUT2D eigenvalue weighted by Crippen LogP contribution is 2.34. The van der Waals surface area contributed by atoms with Crippen molar-refractivity contribution in [3.05, 3.63) is 27.1 Å². The summed E-state index contributed by atoms with van der Waals surface area (Å²) in [6, 6.07) is 0. The molecule has 1 N–H and O–H groups in total. The second-order valence-electron chi connectivity index (χ2n) is 4.62. The molecule has 0 bridgehead atoms. The first kappa shape index (κ1) is 12.8. The first-order valence-electron chi connectivity index (χ1n) is 6.49. The van der Waals surface area contributed by atoms with Crippen molar-refractivity contribution >= 4 is 21.6 Å². The Bertz CT molecular complexity index is 647. The Kier molecular flexibility index (Phi) is 3.63. The van der Waals surface area contributed by atoms with Crippen LogP contribution >= 0.6 is 11.3 Å². The van der Waals surface area contributed by atoms with E-state index >= 15 is 0 Å². The summed E-state index contributed by atoms with van der Waals surface area (Å²) in [6.07, 6.45) is 4.82. The molecule has 0 saturated carbocycles. The standard InChI is InChI=1S/C13H16N2O3S/c16-5-7-18-6-4-15-8-14-12-11(13(15)17)9-2-1-3-10(9)19-12/h8,16H,1-7H2. The third-order valence-corrected chi connectivity index (χ3v) is 4.60. The average molecular weight is 280 g/mol.